The van der Waals surface area contributed by atoms with Gasteiger partial charge in [-0.1, -0.05) is 29.4 Å². The number of nitrogens with one attached hydrogen (secondary N) is 1. The predicted octanol–water partition coefficient (Wildman–Crippen LogP) is 3.17. The molecule has 5 rings (SSSR count). The van der Waals surface area contributed by atoms with E-state index >= 15 is 0 Å². The van der Waals surface area contributed by atoms with Crippen LogP contribution in [0.2, 0.25) is 0 Å². The van der Waals surface area contributed by atoms with Crippen LogP contribution in [-0.4, -0.2) is 24.7 Å². The summed E-state index contributed by atoms with van der Waals surface area (Å²) in [5.74, 6) is 1.87. The van der Waals surface area contributed by atoms with Crippen molar-refractivity contribution in [2.24, 2.45) is 5.92 Å². The first-order valence-electron chi connectivity index (χ1n) is 9.91. The molecule has 148 valence electrons. The topological polar surface area (TPSA) is 115 Å². The number of benzene rings is 1. The molecular weight excluding hydrogens is 368 g/mol. The molecule has 3 aromatic heterocycles. The lowest BCUT2D eigenvalue weighted by atomic mass is 9.77. The van der Waals surface area contributed by atoms with Crippen LogP contribution in [0.1, 0.15) is 43.0 Å². The fourth-order valence-electron chi connectivity index (χ4n) is 4.37. The quantitative estimate of drug-likeness (QED) is 0.553. The van der Waals surface area contributed by atoms with Crippen LogP contribution in [-0.2, 0) is 6.42 Å². The normalized spacial score (nSPS) is 19.6. The van der Waals surface area contributed by atoms with Crippen LogP contribution in [0.5, 0.6) is 0 Å². The lowest BCUT2D eigenvalue weighted by Crippen LogP contribution is -2.16. The molecule has 1 aliphatic rings. The molecule has 0 unspecified atom stereocenters. The minimum atomic E-state index is -0.476. The highest BCUT2D eigenvalue weighted by atomic mass is 16.5. The van der Waals surface area contributed by atoms with Crippen LogP contribution >= 0.6 is 0 Å². The highest BCUT2D eigenvalue weighted by Crippen LogP contribution is 2.37. The largest absolute Gasteiger partial charge is 0.438 e. The molecule has 1 aliphatic carbocycles. The van der Waals surface area contributed by atoms with E-state index in [1.165, 1.54) is 5.56 Å². The number of aromatic amines is 1. The van der Waals surface area contributed by atoms with Gasteiger partial charge < -0.3 is 5.73 Å². The maximum Gasteiger partial charge on any atom is 0.438 e. The molecule has 3 heterocycles. The molecule has 1 fully saturated rings. The number of aromatic nitrogens is 5. The highest BCUT2D eigenvalue weighted by molar-refractivity contribution is 5.75. The van der Waals surface area contributed by atoms with Gasteiger partial charge in [0.15, 0.2) is 11.5 Å². The monoisotopic (exact) mass is 390 g/mol. The molecule has 4 aromatic rings. The fourth-order valence-corrected chi connectivity index (χ4v) is 4.37. The van der Waals surface area contributed by atoms with E-state index in [1.807, 2.05) is 6.07 Å². The van der Waals surface area contributed by atoms with Gasteiger partial charge in [-0.2, -0.15) is 9.61 Å². The van der Waals surface area contributed by atoms with Crippen LogP contribution < -0.4 is 11.5 Å². The number of fused-ring (bicyclic) bond motifs is 1. The Kier molecular flexibility index (Phi) is 4.38. The molecule has 0 aliphatic heterocycles. The van der Waals surface area contributed by atoms with Gasteiger partial charge in [-0.05, 0) is 48.6 Å². The molecule has 1 aromatic carbocycles. The fraction of sp³-hybridized carbons (Fsp3) is 0.333. The Morgan fingerprint density at radius 3 is 2.66 bits per heavy atom. The third kappa shape index (κ3) is 3.41. The van der Waals surface area contributed by atoms with Gasteiger partial charge in [-0.15, -0.1) is 0 Å². The number of rotatable bonds is 4. The average Bonchev–Trinajstić information content (AvgIpc) is 3.38. The summed E-state index contributed by atoms with van der Waals surface area (Å²) < 4.78 is 6.25. The predicted molar refractivity (Wildman–Crippen MR) is 108 cm³/mol. The average molecular weight is 390 g/mol. The van der Waals surface area contributed by atoms with Gasteiger partial charge in [0.25, 0.3) is 0 Å². The SMILES string of the molecule is Nc1c(-c2ccc(C3CCC(Cc4noc(=O)[nH]4)CC3)cc2)cnc2ccnn12. The van der Waals surface area contributed by atoms with Crippen molar-refractivity contribution in [1.82, 2.24) is 24.7 Å². The second-order valence-electron chi connectivity index (χ2n) is 7.74. The standard InChI is InChI=1S/C21H22N6O2/c22-20-17(12-23-19-9-10-24-27(19)20)16-7-5-15(6-8-16)14-3-1-13(2-4-14)11-18-25-21(28)29-26-18/h5-10,12-14H,1-4,11,22H2,(H,25,26,28). The second-order valence-corrected chi connectivity index (χ2v) is 7.74. The van der Waals surface area contributed by atoms with Gasteiger partial charge in [-0.25, -0.2) is 9.78 Å². The molecule has 0 radical (unpaired) electrons. The zero-order valence-electron chi connectivity index (χ0n) is 15.9. The van der Waals surface area contributed by atoms with E-state index < -0.39 is 5.76 Å². The summed E-state index contributed by atoms with van der Waals surface area (Å²) in [6.07, 6.45) is 8.79. The van der Waals surface area contributed by atoms with Crippen molar-refractivity contribution >= 4 is 11.5 Å². The zero-order valence-corrected chi connectivity index (χ0v) is 15.9. The van der Waals surface area contributed by atoms with Crippen molar-refractivity contribution in [2.75, 3.05) is 5.73 Å². The summed E-state index contributed by atoms with van der Waals surface area (Å²) >= 11 is 0. The second kappa shape index (κ2) is 7.20. The van der Waals surface area contributed by atoms with E-state index in [1.54, 1.807) is 16.9 Å². The number of nitrogens with zero attached hydrogens (tertiary/aromatic N) is 4. The van der Waals surface area contributed by atoms with Gasteiger partial charge in [0.05, 0.1) is 6.20 Å². The molecule has 8 nitrogen and oxygen atoms in total. The van der Waals surface area contributed by atoms with Crippen molar-refractivity contribution in [1.29, 1.82) is 0 Å². The van der Waals surface area contributed by atoms with Crippen LogP contribution in [0.15, 0.2) is 52.0 Å². The molecule has 1 saturated carbocycles. The molecule has 0 atom stereocenters. The van der Waals surface area contributed by atoms with Crippen molar-refractivity contribution in [3.8, 4) is 11.1 Å². The first kappa shape index (κ1) is 17.7. The Balaban J connectivity index is 1.27. The van der Waals surface area contributed by atoms with E-state index in [0.717, 1.165) is 48.9 Å². The van der Waals surface area contributed by atoms with Gasteiger partial charge in [-0.3, -0.25) is 9.51 Å². The lowest BCUT2D eigenvalue weighted by molar-refractivity contribution is 0.314. The van der Waals surface area contributed by atoms with Gasteiger partial charge in [0.2, 0.25) is 0 Å². The van der Waals surface area contributed by atoms with Crippen molar-refractivity contribution in [2.45, 2.75) is 38.0 Å². The van der Waals surface area contributed by atoms with Crippen molar-refractivity contribution in [3.63, 3.8) is 0 Å². The Morgan fingerprint density at radius 1 is 1.14 bits per heavy atom. The molecule has 0 spiro atoms. The number of hydrogen-bond acceptors (Lipinski definition) is 6. The Morgan fingerprint density at radius 2 is 1.93 bits per heavy atom. The lowest BCUT2D eigenvalue weighted by Gasteiger charge is -2.28. The Bertz CT molecular complexity index is 1180. The van der Waals surface area contributed by atoms with Crippen molar-refractivity contribution < 1.29 is 4.52 Å². The van der Waals surface area contributed by atoms with Crippen molar-refractivity contribution in [3.05, 3.63) is 64.7 Å². The summed E-state index contributed by atoms with van der Waals surface area (Å²) in [6, 6.07) is 10.5. The number of H-pyrrole nitrogens is 1. The first-order chi connectivity index (χ1) is 14.2. The molecule has 0 amide bonds. The number of hydrogen-bond donors (Lipinski definition) is 2. The molecule has 3 N–H and O–H groups in total. The van der Waals surface area contributed by atoms with E-state index in [0.29, 0.717) is 23.5 Å². The van der Waals surface area contributed by atoms with E-state index in [-0.39, 0.29) is 0 Å². The number of nitrogens with two attached hydrogens (primary N) is 1. The minimum absolute atomic E-state index is 0.476. The van der Waals surface area contributed by atoms with Crippen LogP contribution in [0.3, 0.4) is 0 Å². The van der Waals surface area contributed by atoms with Crippen LogP contribution in [0.4, 0.5) is 5.82 Å². The smallest absolute Gasteiger partial charge is 0.383 e. The van der Waals surface area contributed by atoms with Gasteiger partial charge in [0.1, 0.15) is 5.82 Å². The van der Waals surface area contributed by atoms with Gasteiger partial charge in [0, 0.05) is 24.2 Å². The first-order valence-corrected chi connectivity index (χ1v) is 9.91. The molecule has 8 heteroatoms. The highest BCUT2D eigenvalue weighted by Gasteiger charge is 2.23. The maximum absolute atomic E-state index is 11.1. The van der Waals surface area contributed by atoms with Crippen LogP contribution in [0, 0.1) is 5.92 Å². The van der Waals surface area contributed by atoms with E-state index in [2.05, 4.69) is 49.0 Å². The summed E-state index contributed by atoms with van der Waals surface area (Å²) in [4.78, 5) is 18.1. The maximum atomic E-state index is 11.1. The molecule has 29 heavy (non-hydrogen) atoms. The van der Waals surface area contributed by atoms with Gasteiger partial charge >= 0.3 is 5.76 Å². The number of anilines is 1. The summed E-state index contributed by atoms with van der Waals surface area (Å²) in [5, 5.41) is 8.02. The summed E-state index contributed by atoms with van der Waals surface area (Å²) in [6.45, 7) is 0. The summed E-state index contributed by atoms with van der Waals surface area (Å²) in [7, 11) is 0. The molecular formula is C21H22N6O2. The van der Waals surface area contributed by atoms with E-state index in [9.17, 15) is 4.79 Å². The third-order valence-electron chi connectivity index (χ3n) is 5.96. The summed E-state index contributed by atoms with van der Waals surface area (Å²) in [5.41, 5.74) is 10.3. The molecule has 0 bridgehead atoms. The Hall–Kier alpha value is -3.42. The van der Waals surface area contributed by atoms with Crippen LogP contribution in [0.25, 0.3) is 16.8 Å². The zero-order chi connectivity index (χ0) is 19.8. The number of nitrogen functional groups attached to an aromatic ring is 1. The van der Waals surface area contributed by atoms with E-state index in [4.69, 9.17) is 5.73 Å². The molecule has 0 saturated heterocycles. The Labute approximate surface area is 166 Å². The minimum Gasteiger partial charge on any atom is -0.383 e. The third-order valence-corrected chi connectivity index (χ3v) is 5.96.